The van der Waals surface area contributed by atoms with Crippen LogP contribution in [0.2, 0.25) is 0 Å². The number of morpholine rings is 1. The Kier molecular flexibility index (Phi) is 7.82. The van der Waals surface area contributed by atoms with Gasteiger partial charge in [-0.05, 0) is 50.7 Å². The second-order valence-corrected chi connectivity index (χ2v) is 10.1. The van der Waals surface area contributed by atoms with E-state index in [-0.39, 0.29) is 12.3 Å². The van der Waals surface area contributed by atoms with Crippen LogP contribution in [0.4, 0.5) is 4.79 Å². The van der Waals surface area contributed by atoms with Gasteiger partial charge in [0.2, 0.25) is 0 Å². The topological polar surface area (TPSA) is 65.1 Å². The minimum absolute atomic E-state index is 0.113. The monoisotopic (exact) mass is 465 g/mol. The first-order valence-corrected chi connectivity index (χ1v) is 11.7. The van der Waals surface area contributed by atoms with Crippen molar-refractivity contribution < 1.29 is 23.9 Å². The van der Waals surface area contributed by atoms with Crippen molar-refractivity contribution in [1.82, 2.24) is 5.06 Å². The highest BCUT2D eigenvalue weighted by Crippen LogP contribution is 2.49. The predicted molar refractivity (Wildman–Crippen MR) is 131 cm³/mol. The predicted octanol–water partition coefficient (Wildman–Crippen LogP) is 6.56. The Morgan fingerprint density at radius 3 is 2.15 bits per heavy atom. The van der Waals surface area contributed by atoms with Crippen molar-refractivity contribution >= 4 is 12.1 Å². The van der Waals surface area contributed by atoms with E-state index >= 15 is 0 Å². The summed E-state index contributed by atoms with van der Waals surface area (Å²) in [5, 5.41) is 1.52. The summed E-state index contributed by atoms with van der Waals surface area (Å²) < 4.78 is 11.7. The van der Waals surface area contributed by atoms with Crippen LogP contribution in [0.3, 0.4) is 0 Å². The number of hydrogen-bond acceptors (Lipinski definition) is 6. The molecule has 0 amide bonds. The molecule has 2 aromatic carbocycles. The summed E-state index contributed by atoms with van der Waals surface area (Å²) >= 11 is 0. The Hall–Kier alpha value is -3.12. The fourth-order valence-corrected chi connectivity index (χ4v) is 4.46. The number of cyclic esters (lactones) is 1. The van der Waals surface area contributed by atoms with E-state index in [2.05, 4.69) is 6.58 Å². The number of esters is 1. The molecule has 0 bridgehead atoms. The van der Waals surface area contributed by atoms with Crippen LogP contribution in [-0.4, -0.2) is 28.3 Å². The molecule has 1 heterocycles. The number of nitrogens with zero attached hydrogens (tertiary/aromatic N) is 1. The summed E-state index contributed by atoms with van der Waals surface area (Å²) in [5.41, 5.74) is -0.351. The number of hydroxylamine groups is 2. The van der Waals surface area contributed by atoms with Gasteiger partial charge in [-0.25, -0.2) is 9.59 Å². The lowest BCUT2D eigenvalue weighted by Crippen LogP contribution is -2.62. The first-order valence-electron chi connectivity index (χ1n) is 11.7. The van der Waals surface area contributed by atoms with E-state index in [4.69, 9.17) is 14.3 Å². The molecule has 182 valence electrons. The zero-order valence-corrected chi connectivity index (χ0v) is 20.7. The molecule has 0 aliphatic carbocycles. The number of carbonyl (C=O) groups excluding carboxylic acids is 2. The molecule has 1 aliphatic rings. The third-order valence-corrected chi connectivity index (χ3v) is 5.63. The van der Waals surface area contributed by atoms with Crippen LogP contribution in [0.5, 0.6) is 0 Å². The first-order chi connectivity index (χ1) is 16.1. The van der Waals surface area contributed by atoms with Crippen LogP contribution in [0.25, 0.3) is 0 Å². The molecule has 34 heavy (non-hydrogen) atoms. The zero-order valence-electron chi connectivity index (χ0n) is 20.7. The van der Waals surface area contributed by atoms with Crippen LogP contribution >= 0.6 is 0 Å². The molecule has 0 radical (unpaired) electrons. The standard InChI is InChI=1S/C28H35NO5/c1-7-18-28(19-20(2)3)25(30)32-24(22-16-12-9-13-17-22)23(21-14-10-8-11-15-21)29(28)34-26(31)33-27(4,5)6/h7-17,20,23-24H,1,18-19H2,2-6H3/t23-,24+,28-/m0/s1. The summed E-state index contributed by atoms with van der Waals surface area (Å²) in [6, 6.07) is 18.5. The van der Waals surface area contributed by atoms with E-state index in [1.807, 2.05) is 74.5 Å². The fourth-order valence-electron chi connectivity index (χ4n) is 4.46. The van der Waals surface area contributed by atoms with Gasteiger partial charge in [-0.1, -0.05) is 80.6 Å². The summed E-state index contributed by atoms with van der Waals surface area (Å²) in [5.74, 6) is -0.340. The van der Waals surface area contributed by atoms with E-state index < -0.39 is 35.4 Å². The van der Waals surface area contributed by atoms with Gasteiger partial charge in [0, 0.05) is 0 Å². The molecule has 1 fully saturated rings. The van der Waals surface area contributed by atoms with Gasteiger partial charge in [0.1, 0.15) is 17.7 Å². The minimum atomic E-state index is -1.25. The molecule has 6 nitrogen and oxygen atoms in total. The van der Waals surface area contributed by atoms with Gasteiger partial charge in [0.15, 0.2) is 5.54 Å². The van der Waals surface area contributed by atoms with Gasteiger partial charge in [0.05, 0.1) is 0 Å². The highest BCUT2D eigenvalue weighted by molar-refractivity contribution is 5.82. The third kappa shape index (κ3) is 5.68. The second kappa shape index (κ2) is 10.4. The van der Waals surface area contributed by atoms with Gasteiger partial charge in [0.25, 0.3) is 0 Å². The van der Waals surface area contributed by atoms with Crippen LogP contribution in [-0.2, 0) is 19.1 Å². The van der Waals surface area contributed by atoms with E-state index in [1.165, 1.54) is 5.06 Å². The molecule has 0 spiro atoms. The molecule has 2 aromatic rings. The van der Waals surface area contributed by atoms with Crippen molar-refractivity contribution in [3.63, 3.8) is 0 Å². The minimum Gasteiger partial charge on any atom is -0.454 e. The van der Waals surface area contributed by atoms with Gasteiger partial charge in [-0.15, -0.1) is 11.6 Å². The molecule has 0 aromatic heterocycles. The zero-order chi connectivity index (χ0) is 24.9. The summed E-state index contributed by atoms with van der Waals surface area (Å²) in [7, 11) is 0. The highest BCUT2D eigenvalue weighted by atomic mass is 16.8. The van der Waals surface area contributed by atoms with Crippen molar-refractivity contribution in [3.05, 3.63) is 84.4 Å². The third-order valence-electron chi connectivity index (χ3n) is 5.63. The average Bonchev–Trinajstić information content (AvgIpc) is 2.76. The van der Waals surface area contributed by atoms with Gasteiger partial charge >= 0.3 is 12.1 Å². The number of rotatable bonds is 7. The smallest absolute Gasteiger partial charge is 0.454 e. The molecular formula is C28H35NO5. The second-order valence-electron chi connectivity index (χ2n) is 10.1. The SMILES string of the molecule is C=CC[C@]1(CC(C)C)C(=O)O[C@H](c2ccccc2)[C@H](c2ccccc2)N1OC(=O)OC(C)(C)C. The lowest BCUT2D eigenvalue weighted by atomic mass is 9.80. The lowest BCUT2D eigenvalue weighted by molar-refractivity contribution is -0.277. The van der Waals surface area contributed by atoms with E-state index in [1.54, 1.807) is 26.8 Å². The maximum Gasteiger partial charge on any atom is 0.528 e. The lowest BCUT2D eigenvalue weighted by Gasteiger charge is -2.50. The van der Waals surface area contributed by atoms with E-state index in [9.17, 15) is 9.59 Å². The number of carbonyl (C=O) groups is 2. The molecule has 6 heteroatoms. The van der Waals surface area contributed by atoms with Crippen molar-refractivity contribution in [2.24, 2.45) is 5.92 Å². The highest BCUT2D eigenvalue weighted by Gasteiger charge is 2.58. The van der Waals surface area contributed by atoms with Crippen molar-refractivity contribution in [2.75, 3.05) is 0 Å². The van der Waals surface area contributed by atoms with E-state index in [0.29, 0.717) is 6.42 Å². The number of benzene rings is 2. The molecule has 1 aliphatic heterocycles. The molecule has 3 rings (SSSR count). The summed E-state index contributed by atoms with van der Waals surface area (Å²) in [6.07, 6.45) is 0.763. The van der Waals surface area contributed by atoms with Crippen LogP contribution in [0, 0.1) is 5.92 Å². The van der Waals surface area contributed by atoms with Gasteiger partial charge < -0.3 is 14.3 Å². The Labute approximate surface area is 202 Å². The van der Waals surface area contributed by atoms with Crippen LogP contribution in [0.15, 0.2) is 73.3 Å². The molecule has 0 unspecified atom stereocenters. The van der Waals surface area contributed by atoms with Crippen LogP contribution in [0.1, 0.15) is 70.7 Å². The largest absolute Gasteiger partial charge is 0.528 e. The Bertz CT molecular complexity index is 983. The summed E-state index contributed by atoms with van der Waals surface area (Å²) in [6.45, 7) is 13.2. The van der Waals surface area contributed by atoms with Gasteiger partial charge in [-0.2, -0.15) is 0 Å². The van der Waals surface area contributed by atoms with Crippen LogP contribution < -0.4 is 0 Å². The maximum absolute atomic E-state index is 13.7. The first kappa shape index (κ1) is 25.5. The van der Waals surface area contributed by atoms with Crippen molar-refractivity contribution in [2.45, 2.75) is 70.7 Å². The number of hydrogen-bond donors (Lipinski definition) is 0. The molecule has 0 N–H and O–H groups in total. The maximum atomic E-state index is 13.7. The fraction of sp³-hybridized carbons (Fsp3) is 0.429. The van der Waals surface area contributed by atoms with E-state index in [0.717, 1.165) is 11.1 Å². The Morgan fingerprint density at radius 1 is 1.09 bits per heavy atom. The molecule has 1 saturated heterocycles. The molecule has 3 atom stereocenters. The Balaban J connectivity index is 2.20. The molecular weight excluding hydrogens is 430 g/mol. The number of ether oxygens (including phenoxy) is 2. The quantitative estimate of drug-likeness (QED) is 0.341. The normalized spacial score (nSPS) is 23.3. The van der Waals surface area contributed by atoms with Gasteiger partial charge in [-0.3, -0.25) is 0 Å². The Morgan fingerprint density at radius 2 is 1.65 bits per heavy atom. The summed E-state index contributed by atoms with van der Waals surface area (Å²) in [4.78, 5) is 32.7. The average molecular weight is 466 g/mol. The van der Waals surface area contributed by atoms with Crippen molar-refractivity contribution in [1.29, 1.82) is 0 Å². The molecule has 0 saturated carbocycles. The van der Waals surface area contributed by atoms with Crippen molar-refractivity contribution in [3.8, 4) is 0 Å².